The molecule has 1 fully saturated rings. The van der Waals surface area contributed by atoms with Gasteiger partial charge in [-0.2, -0.15) is 0 Å². The highest BCUT2D eigenvalue weighted by atomic mass is 32.1. The molecule has 1 aromatic rings. The van der Waals surface area contributed by atoms with Crippen LogP contribution in [0, 0.1) is 12.3 Å². The van der Waals surface area contributed by atoms with E-state index >= 15 is 0 Å². The topological polar surface area (TPSA) is 57.6 Å². The van der Waals surface area contributed by atoms with Gasteiger partial charge in [-0.3, -0.25) is 9.59 Å². The fourth-order valence-electron chi connectivity index (χ4n) is 2.24. The lowest BCUT2D eigenvalue weighted by molar-refractivity contribution is -0.152. The normalized spacial score (nSPS) is 18.4. The van der Waals surface area contributed by atoms with Gasteiger partial charge in [0, 0.05) is 28.9 Å². The Balaban J connectivity index is 1.92. The molecule has 1 saturated heterocycles. The summed E-state index contributed by atoms with van der Waals surface area (Å²) in [7, 11) is 0. The molecule has 0 atom stereocenters. The van der Waals surface area contributed by atoms with Crippen LogP contribution in [0.1, 0.15) is 29.5 Å². The predicted molar refractivity (Wildman–Crippen MR) is 79.6 cm³/mol. The molecule has 1 N–H and O–H groups in total. The zero-order chi connectivity index (χ0) is 14.8. The fraction of sp³-hybridized carbons (Fsp3) is 0.467. The highest BCUT2D eigenvalue weighted by Gasteiger charge is 2.37. The molecule has 1 amide bonds. The Morgan fingerprint density at radius 2 is 2.00 bits per heavy atom. The minimum absolute atomic E-state index is 0.0384. The molecule has 0 radical (unpaired) electrons. The summed E-state index contributed by atoms with van der Waals surface area (Å²) in [5, 5.41) is 9.16. The average molecular weight is 293 g/mol. The van der Waals surface area contributed by atoms with Gasteiger partial charge >= 0.3 is 5.97 Å². The Morgan fingerprint density at radius 3 is 2.50 bits per heavy atom. The lowest BCUT2D eigenvalue weighted by Crippen LogP contribution is -2.44. The molecule has 2 heterocycles. The summed E-state index contributed by atoms with van der Waals surface area (Å²) in [6.07, 6.45) is 4.43. The van der Waals surface area contributed by atoms with Gasteiger partial charge in [-0.25, -0.2) is 0 Å². The smallest absolute Gasteiger partial charge is 0.309 e. The van der Waals surface area contributed by atoms with Gasteiger partial charge in [0.2, 0.25) is 5.91 Å². The Labute approximate surface area is 122 Å². The number of thiophene rings is 1. The number of carboxylic acids is 1. The van der Waals surface area contributed by atoms with Gasteiger partial charge in [-0.05, 0) is 44.9 Å². The Morgan fingerprint density at radius 1 is 1.35 bits per heavy atom. The molecule has 1 aromatic heterocycles. The number of carbonyl (C=O) groups excluding carboxylic acids is 1. The molecular formula is C15H19NO3S. The highest BCUT2D eigenvalue weighted by Crippen LogP contribution is 2.31. The van der Waals surface area contributed by atoms with Crippen LogP contribution in [-0.4, -0.2) is 35.0 Å². The van der Waals surface area contributed by atoms with E-state index in [4.69, 9.17) is 5.11 Å². The molecule has 0 spiro atoms. The van der Waals surface area contributed by atoms with E-state index in [9.17, 15) is 9.59 Å². The Bertz CT molecular complexity index is 539. The van der Waals surface area contributed by atoms with Crippen molar-refractivity contribution >= 4 is 29.3 Å². The van der Waals surface area contributed by atoms with E-state index in [1.54, 1.807) is 29.2 Å². The first-order chi connectivity index (χ1) is 9.40. The maximum Gasteiger partial charge on any atom is 0.309 e. The van der Waals surface area contributed by atoms with Gasteiger partial charge in [0.25, 0.3) is 0 Å². The van der Waals surface area contributed by atoms with Gasteiger partial charge in [-0.15, -0.1) is 11.3 Å². The number of hydrogen-bond donors (Lipinski definition) is 1. The Kier molecular flexibility index (Phi) is 4.28. The molecule has 108 valence electrons. The van der Waals surface area contributed by atoms with E-state index < -0.39 is 11.4 Å². The summed E-state index contributed by atoms with van der Waals surface area (Å²) in [4.78, 5) is 27.2. The van der Waals surface area contributed by atoms with Gasteiger partial charge in [0.1, 0.15) is 0 Å². The van der Waals surface area contributed by atoms with Crippen LogP contribution in [0.4, 0.5) is 0 Å². The molecule has 1 aliphatic rings. The molecule has 5 heteroatoms. The van der Waals surface area contributed by atoms with E-state index in [1.165, 1.54) is 4.88 Å². The SMILES string of the molecule is Cc1ccc(C=CC(=O)N2CCC(C)(C(=O)O)CC2)s1. The van der Waals surface area contributed by atoms with Crippen LogP contribution in [0.15, 0.2) is 18.2 Å². The second-order valence-electron chi connectivity index (χ2n) is 5.47. The number of aliphatic carboxylic acids is 1. The van der Waals surface area contributed by atoms with Crippen LogP contribution >= 0.6 is 11.3 Å². The third kappa shape index (κ3) is 3.28. The summed E-state index contributed by atoms with van der Waals surface area (Å²) < 4.78 is 0. The first-order valence-electron chi connectivity index (χ1n) is 6.67. The molecule has 0 unspecified atom stereocenters. The summed E-state index contributed by atoms with van der Waals surface area (Å²) in [6.45, 7) is 4.80. The van der Waals surface area contributed by atoms with E-state index in [0.29, 0.717) is 25.9 Å². The minimum Gasteiger partial charge on any atom is -0.481 e. The highest BCUT2D eigenvalue weighted by molar-refractivity contribution is 7.12. The second-order valence-corrected chi connectivity index (χ2v) is 6.79. The quantitative estimate of drug-likeness (QED) is 0.872. The number of nitrogens with zero attached hydrogens (tertiary/aromatic N) is 1. The molecule has 0 aliphatic carbocycles. The van der Waals surface area contributed by atoms with Crippen LogP contribution < -0.4 is 0 Å². The molecule has 0 bridgehead atoms. The number of carboxylic acid groups (broad SMARTS) is 1. The lowest BCUT2D eigenvalue weighted by Gasteiger charge is -2.35. The standard InChI is InChI=1S/C15H19NO3S/c1-11-3-4-12(20-11)5-6-13(17)16-9-7-15(2,8-10-16)14(18)19/h3-6H,7-10H2,1-2H3,(H,18,19). The van der Waals surface area contributed by atoms with E-state index in [-0.39, 0.29) is 5.91 Å². The van der Waals surface area contributed by atoms with E-state index in [0.717, 1.165) is 4.88 Å². The fourth-order valence-corrected chi connectivity index (χ4v) is 3.02. The molecule has 20 heavy (non-hydrogen) atoms. The Hall–Kier alpha value is -1.62. The van der Waals surface area contributed by atoms with Crippen molar-refractivity contribution < 1.29 is 14.7 Å². The van der Waals surface area contributed by atoms with Crippen molar-refractivity contribution in [2.45, 2.75) is 26.7 Å². The van der Waals surface area contributed by atoms with Crippen LogP contribution in [0.25, 0.3) is 6.08 Å². The van der Waals surface area contributed by atoms with Crippen molar-refractivity contribution in [1.29, 1.82) is 0 Å². The summed E-state index contributed by atoms with van der Waals surface area (Å²) >= 11 is 1.64. The van der Waals surface area contributed by atoms with Crippen molar-refractivity contribution in [1.82, 2.24) is 4.90 Å². The summed E-state index contributed by atoms with van der Waals surface area (Å²) in [5.41, 5.74) is -0.689. The van der Waals surface area contributed by atoms with Crippen LogP contribution in [0.3, 0.4) is 0 Å². The largest absolute Gasteiger partial charge is 0.481 e. The van der Waals surface area contributed by atoms with Gasteiger partial charge in [0.05, 0.1) is 5.41 Å². The van der Waals surface area contributed by atoms with E-state index in [1.807, 2.05) is 25.1 Å². The number of carbonyl (C=O) groups is 2. The van der Waals surface area contributed by atoms with Crippen LogP contribution in [-0.2, 0) is 9.59 Å². The molecule has 0 saturated carbocycles. The monoisotopic (exact) mass is 293 g/mol. The number of amides is 1. The lowest BCUT2D eigenvalue weighted by atomic mass is 9.80. The van der Waals surface area contributed by atoms with Crippen LogP contribution in [0.5, 0.6) is 0 Å². The van der Waals surface area contributed by atoms with Gasteiger partial charge in [-0.1, -0.05) is 0 Å². The van der Waals surface area contributed by atoms with Crippen molar-refractivity contribution in [2.24, 2.45) is 5.41 Å². The minimum atomic E-state index is -0.769. The number of hydrogen-bond acceptors (Lipinski definition) is 3. The summed E-state index contributed by atoms with van der Waals surface area (Å²) in [5.74, 6) is -0.808. The number of rotatable bonds is 3. The van der Waals surface area contributed by atoms with Crippen molar-refractivity contribution in [3.05, 3.63) is 28.0 Å². The van der Waals surface area contributed by atoms with Crippen molar-refractivity contribution in [3.63, 3.8) is 0 Å². The summed E-state index contributed by atoms with van der Waals surface area (Å²) in [6, 6.07) is 4.01. The zero-order valence-electron chi connectivity index (χ0n) is 11.8. The number of piperidine rings is 1. The third-order valence-electron chi connectivity index (χ3n) is 3.85. The van der Waals surface area contributed by atoms with Crippen molar-refractivity contribution in [3.8, 4) is 0 Å². The molecule has 4 nitrogen and oxygen atoms in total. The molecular weight excluding hydrogens is 274 g/mol. The number of aryl methyl sites for hydroxylation is 1. The predicted octanol–water partition coefficient (Wildman–Crippen LogP) is 2.78. The zero-order valence-corrected chi connectivity index (χ0v) is 12.6. The van der Waals surface area contributed by atoms with Crippen LogP contribution in [0.2, 0.25) is 0 Å². The first-order valence-corrected chi connectivity index (χ1v) is 7.49. The first kappa shape index (κ1) is 14.8. The third-order valence-corrected chi connectivity index (χ3v) is 4.81. The second kappa shape index (κ2) is 5.79. The average Bonchev–Trinajstić information content (AvgIpc) is 2.82. The number of likely N-dealkylation sites (tertiary alicyclic amines) is 1. The molecule has 2 rings (SSSR count). The van der Waals surface area contributed by atoms with Gasteiger partial charge in [0.15, 0.2) is 0 Å². The van der Waals surface area contributed by atoms with Gasteiger partial charge < -0.3 is 10.0 Å². The van der Waals surface area contributed by atoms with E-state index in [2.05, 4.69) is 0 Å². The molecule has 1 aliphatic heterocycles. The maximum absolute atomic E-state index is 12.1. The molecule has 0 aromatic carbocycles. The maximum atomic E-state index is 12.1. The van der Waals surface area contributed by atoms with Crippen molar-refractivity contribution in [2.75, 3.05) is 13.1 Å².